The molecule has 0 heterocycles. The first kappa shape index (κ1) is 14.7. The topological polar surface area (TPSA) is 26.0 Å². The predicted molar refractivity (Wildman–Crippen MR) is 70.0 cm³/mol. The van der Waals surface area contributed by atoms with Crippen molar-refractivity contribution in [3.8, 4) is 0 Å². The molecule has 15 heavy (non-hydrogen) atoms. The summed E-state index contributed by atoms with van der Waals surface area (Å²) in [6, 6.07) is 0. The fourth-order valence-corrected chi connectivity index (χ4v) is 1.75. The Morgan fingerprint density at radius 3 is 1.80 bits per heavy atom. The first-order valence-corrected chi connectivity index (χ1v) is 6.77. The van der Waals surface area contributed by atoms with Crippen molar-refractivity contribution < 1.29 is 0 Å². The van der Waals surface area contributed by atoms with Gasteiger partial charge in [-0.25, -0.2) is 0 Å². The fraction of sp³-hybridized carbons (Fsp3) is 0.857. The highest BCUT2D eigenvalue weighted by molar-refractivity contribution is 4.79. The minimum atomic E-state index is 0.865. The minimum Gasteiger partial charge on any atom is -0.330 e. The highest BCUT2D eigenvalue weighted by atomic mass is 14.5. The van der Waals surface area contributed by atoms with Crippen LogP contribution >= 0.6 is 0 Å². The maximum atomic E-state index is 5.44. The van der Waals surface area contributed by atoms with Gasteiger partial charge in [-0.1, -0.05) is 57.6 Å². The van der Waals surface area contributed by atoms with Crippen molar-refractivity contribution in [2.24, 2.45) is 5.73 Å². The van der Waals surface area contributed by atoms with Crippen LogP contribution in [0.25, 0.3) is 0 Å². The Hall–Kier alpha value is -0.300. The molecule has 0 aliphatic carbocycles. The number of unbranched alkanes of at least 4 members (excludes halogenated alkanes) is 8. The molecular weight excluding hydrogens is 182 g/mol. The molecule has 0 aromatic heterocycles. The Morgan fingerprint density at radius 2 is 1.27 bits per heavy atom. The Balaban J connectivity index is 2.89. The third-order valence-electron chi connectivity index (χ3n) is 2.73. The minimum absolute atomic E-state index is 0.865. The Bertz CT molecular complexity index is 129. The Labute approximate surface area is 96.1 Å². The monoisotopic (exact) mass is 211 g/mol. The first-order valence-electron chi connectivity index (χ1n) is 6.77. The summed E-state index contributed by atoms with van der Waals surface area (Å²) >= 11 is 0. The zero-order valence-electron chi connectivity index (χ0n) is 10.5. The average Bonchev–Trinajstić information content (AvgIpc) is 2.26. The van der Waals surface area contributed by atoms with Crippen LogP contribution in [-0.4, -0.2) is 6.54 Å². The molecule has 0 amide bonds. The standard InChI is InChI=1S/C14H29N/c1-2-3-4-5-6-7-8-9-10-11-12-13-14-15/h3-4H,2,5-15H2,1H3. The van der Waals surface area contributed by atoms with Gasteiger partial charge in [0.25, 0.3) is 0 Å². The summed E-state index contributed by atoms with van der Waals surface area (Å²) in [5, 5.41) is 0. The van der Waals surface area contributed by atoms with Gasteiger partial charge in [0.15, 0.2) is 0 Å². The molecule has 0 saturated heterocycles. The summed E-state index contributed by atoms with van der Waals surface area (Å²) in [6.45, 7) is 3.06. The average molecular weight is 211 g/mol. The molecule has 0 fully saturated rings. The third-order valence-corrected chi connectivity index (χ3v) is 2.73. The molecule has 2 N–H and O–H groups in total. The SMILES string of the molecule is CCC=CCCCCCCCCCCN. The van der Waals surface area contributed by atoms with Crippen LogP contribution in [0.3, 0.4) is 0 Å². The van der Waals surface area contributed by atoms with Gasteiger partial charge in [0.05, 0.1) is 0 Å². The van der Waals surface area contributed by atoms with Crippen molar-refractivity contribution in [1.29, 1.82) is 0 Å². The molecule has 0 aliphatic heterocycles. The van der Waals surface area contributed by atoms with Crippen LogP contribution in [0, 0.1) is 0 Å². The van der Waals surface area contributed by atoms with Gasteiger partial charge in [-0.05, 0) is 32.2 Å². The van der Waals surface area contributed by atoms with Gasteiger partial charge >= 0.3 is 0 Å². The van der Waals surface area contributed by atoms with E-state index in [4.69, 9.17) is 5.73 Å². The second-order valence-corrected chi connectivity index (χ2v) is 4.29. The van der Waals surface area contributed by atoms with Crippen molar-refractivity contribution in [3.05, 3.63) is 12.2 Å². The predicted octanol–water partition coefficient (Wildman–Crippen LogP) is 4.42. The van der Waals surface area contributed by atoms with E-state index in [1.807, 2.05) is 0 Å². The maximum absolute atomic E-state index is 5.44. The van der Waals surface area contributed by atoms with Crippen molar-refractivity contribution in [3.63, 3.8) is 0 Å². The van der Waals surface area contributed by atoms with E-state index >= 15 is 0 Å². The molecule has 1 heteroatoms. The van der Waals surface area contributed by atoms with Gasteiger partial charge in [0.1, 0.15) is 0 Å². The summed E-state index contributed by atoms with van der Waals surface area (Å²) in [6.07, 6.45) is 18.0. The van der Waals surface area contributed by atoms with Gasteiger partial charge in [0.2, 0.25) is 0 Å². The number of hydrogen-bond acceptors (Lipinski definition) is 1. The summed E-state index contributed by atoms with van der Waals surface area (Å²) in [7, 11) is 0. The van der Waals surface area contributed by atoms with E-state index in [9.17, 15) is 0 Å². The Kier molecular flexibility index (Phi) is 13.4. The molecule has 90 valence electrons. The summed E-state index contributed by atoms with van der Waals surface area (Å²) < 4.78 is 0. The Morgan fingerprint density at radius 1 is 0.733 bits per heavy atom. The number of hydrogen-bond donors (Lipinski definition) is 1. The zero-order valence-corrected chi connectivity index (χ0v) is 10.5. The number of rotatable bonds is 11. The van der Waals surface area contributed by atoms with Gasteiger partial charge in [-0.2, -0.15) is 0 Å². The molecule has 0 saturated carbocycles. The normalized spacial score (nSPS) is 11.3. The second-order valence-electron chi connectivity index (χ2n) is 4.29. The lowest BCUT2D eigenvalue weighted by Gasteiger charge is -2.00. The van der Waals surface area contributed by atoms with Crippen LogP contribution in [0.2, 0.25) is 0 Å². The van der Waals surface area contributed by atoms with Crippen molar-refractivity contribution in [1.82, 2.24) is 0 Å². The molecule has 0 unspecified atom stereocenters. The highest BCUT2D eigenvalue weighted by Crippen LogP contribution is 2.09. The van der Waals surface area contributed by atoms with Crippen molar-refractivity contribution in [2.75, 3.05) is 6.54 Å². The lowest BCUT2D eigenvalue weighted by Crippen LogP contribution is -1.97. The van der Waals surface area contributed by atoms with Crippen LogP contribution in [-0.2, 0) is 0 Å². The molecule has 1 nitrogen and oxygen atoms in total. The molecule has 0 bridgehead atoms. The van der Waals surface area contributed by atoms with Gasteiger partial charge in [0, 0.05) is 0 Å². The van der Waals surface area contributed by atoms with Crippen molar-refractivity contribution >= 4 is 0 Å². The molecule has 0 radical (unpaired) electrons. The number of allylic oxidation sites excluding steroid dienone is 2. The fourth-order valence-electron chi connectivity index (χ4n) is 1.75. The second kappa shape index (κ2) is 13.7. The molecule has 0 rings (SSSR count). The third kappa shape index (κ3) is 13.7. The van der Waals surface area contributed by atoms with E-state index in [1.165, 1.54) is 64.2 Å². The van der Waals surface area contributed by atoms with Crippen LogP contribution in [0.15, 0.2) is 12.2 Å². The molecule has 0 aromatic rings. The summed E-state index contributed by atoms with van der Waals surface area (Å²) in [4.78, 5) is 0. The lowest BCUT2D eigenvalue weighted by atomic mass is 10.1. The van der Waals surface area contributed by atoms with E-state index in [1.54, 1.807) is 0 Å². The zero-order chi connectivity index (χ0) is 11.2. The smallest absolute Gasteiger partial charge is 0.00773 e. The summed E-state index contributed by atoms with van der Waals surface area (Å²) in [5.41, 5.74) is 5.44. The highest BCUT2D eigenvalue weighted by Gasteiger charge is 1.90. The lowest BCUT2D eigenvalue weighted by molar-refractivity contribution is 0.571. The van der Waals surface area contributed by atoms with E-state index in [0.717, 1.165) is 6.54 Å². The van der Waals surface area contributed by atoms with Crippen LogP contribution in [0.5, 0.6) is 0 Å². The van der Waals surface area contributed by atoms with Crippen LogP contribution in [0.4, 0.5) is 0 Å². The van der Waals surface area contributed by atoms with Gasteiger partial charge in [-0.15, -0.1) is 0 Å². The van der Waals surface area contributed by atoms with E-state index in [-0.39, 0.29) is 0 Å². The van der Waals surface area contributed by atoms with Gasteiger partial charge < -0.3 is 5.73 Å². The molecule has 0 atom stereocenters. The number of nitrogens with two attached hydrogens (primary N) is 1. The molecular formula is C14H29N. The van der Waals surface area contributed by atoms with E-state index < -0.39 is 0 Å². The molecule has 0 aliphatic rings. The largest absolute Gasteiger partial charge is 0.330 e. The molecule has 0 spiro atoms. The first-order chi connectivity index (χ1) is 7.41. The molecule has 0 aromatic carbocycles. The van der Waals surface area contributed by atoms with Crippen LogP contribution < -0.4 is 5.73 Å². The van der Waals surface area contributed by atoms with Crippen LogP contribution in [0.1, 0.15) is 71.1 Å². The maximum Gasteiger partial charge on any atom is -0.00773 e. The van der Waals surface area contributed by atoms with Gasteiger partial charge in [-0.3, -0.25) is 0 Å². The summed E-state index contributed by atoms with van der Waals surface area (Å²) in [5.74, 6) is 0. The van der Waals surface area contributed by atoms with E-state index in [0.29, 0.717) is 0 Å². The van der Waals surface area contributed by atoms with Crippen molar-refractivity contribution in [2.45, 2.75) is 71.1 Å². The quantitative estimate of drug-likeness (QED) is 0.397. The van der Waals surface area contributed by atoms with E-state index in [2.05, 4.69) is 19.1 Å².